The third kappa shape index (κ3) is 5.21. The van der Waals surface area contributed by atoms with Crippen LogP contribution in [0.5, 0.6) is 0 Å². The van der Waals surface area contributed by atoms with Gasteiger partial charge in [0.15, 0.2) is 0 Å². The molecule has 1 heterocycles. The Kier molecular flexibility index (Phi) is 6.99. The smallest absolute Gasteiger partial charge is 0.317 e. The number of hydrogen-bond donors (Lipinski definition) is 1. The van der Waals surface area contributed by atoms with Crippen molar-refractivity contribution in [1.82, 2.24) is 15.1 Å². The topological polar surface area (TPSA) is 52.7 Å². The Bertz CT molecular complexity index is 359. The van der Waals surface area contributed by atoms with Crippen molar-refractivity contribution in [2.45, 2.75) is 65.5 Å². The van der Waals surface area contributed by atoms with Crippen molar-refractivity contribution in [1.29, 1.82) is 0 Å². The number of hydrogen-bond acceptors (Lipinski definition) is 2. The number of rotatable bonds is 5. The summed E-state index contributed by atoms with van der Waals surface area (Å²) in [6, 6.07) is -0.346. The molecule has 0 bridgehead atoms. The van der Waals surface area contributed by atoms with E-state index in [9.17, 15) is 9.59 Å². The molecule has 1 N–H and O–H groups in total. The summed E-state index contributed by atoms with van der Waals surface area (Å²) < 4.78 is 0. The highest BCUT2D eigenvalue weighted by Gasteiger charge is 2.28. The third-order valence-corrected chi connectivity index (χ3v) is 4.43. The summed E-state index contributed by atoms with van der Waals surface area (Å²) in [6.07, 6.45) is 4.34. The van der Waals surface area contributed by atoms with Gasteiger partial charge in [0.25, 0.3) is 0 Å². The van der Waals surface area contributed by atoms with Gasteiger partial charge in [0, 0.05) is 26.2 Å². The quantitative estimate of drug-likeness (QED) is 0.847. The summed E-state index contributed by atoms with van der Waals surface area (Å²) in [4.78, 5) is 28.1. The van der Waals surface area contributed by atoms with Crippen LogP contribution in [-0.2, 0) is 4.79 Å². The van der Waals surface area contributed by atoms with Crippen molar-refractivity contribution in [2.75, 3.05) is 20.1 Å². The number of piperidine rings is 1. The van der Waals surface area contributed by atoms with E-state index in [0.717, 1.165) is 25.8 Å². The Morgan fingerprint density at radius 3 is 2.57 bits per heavy atom. The number of urea groups is 1. The monoisotopic (exact) mass is 297 g/mol. The van der Waals surface area contributed by atoms with Crippen molar-refractivity contribution in [3.8, 4) is 0 Å². The predicted molar refractivity (Wildman–Crippen MR) is 85.1 cm³/mol. The van der Waals surface area contributed by atoms with Crippen molar-refractivity contribution < 1.29 is 9.59 Å². The minimum atomic E-state index is -0.461. The first kappa shape index (κ1) is 17.8. The standard InChI is InChI=1S/C16H31N3O2/c1-6-12(2)11-18(5)16(21)17-14(4)15(20)19-10-8-7-9-13(19)3/h12-14H,6-11H2,1-5H3,(H,17,21). The van der Waals surface area contributed by atoms with Crippen molar-refractivity contribution in [3.63, 3.8) is 0 Å². The molecule has 1 fully saturated rings. The lowest BCUT2D eigenvalue weighted by Gasteiger charge is -2.35. The Hall–Kier alpha value is -1.26. The van der Waals surface area contributed by atoms with Crippen LogP contribution in [-0.4, -0.2) is 54.0 Å². The first-order chi connectivity index (χ1) is 9.86. The van der Waals surface area contributed by atoms with E-state index in [2.05, 4.69) is 26.1 Å². The van der Waals surface area contributed by atoms with E-state index < -0.39 is 6.04 Å². The molecule has 0 aromatic carbocycles. The van der Waals surface area contributed by atoms with Crippen LogP contribution < -0.4 is 5.32 Å². The molecular formula is C16H31N3O2. The molecule has 1 aliphatic heterocycles. The number of nitrogens with zero attached hydrogens (tertiary/aromatic N) is 2. The van der Waals surface area contributed by atoms with Crippen LogP contribution in [0.15, 0.2) is 0 Å². The van der Waals surface area contributed by atoms with Crippen LogP contribution in [0.25, 0.3) is 0 Å². The fourth-order valence-corrected chi connectivity index (χ4v) is 2.71. The Morgan fingerprint density at radius 1 is 1.33 bits per heavy atom. The van der Waals surface area contributed by atoms with Gasteiger partial charge < -0.3 is 15.1 Å². The average Bonchev–Trinajstić information content (AvgIpc) is 2.46. The second-order valence-electron chi connectivity index (χ2n) is 6.44. The lowest BCUT2D eigenvalue weighted by molar-refractivity contribution is -0.136. The Labute approximate surface area is 129 Å². The van der Waals surface area contributed by atoms with E-state index in [-0.39, 0.29) is 18.0 Å². The minimum Gasteiger partial charge on any atom is -0.338 e. The normalized spacial score (nSPS) is 21.6. The first-order valence-electron chi connectivity index (χ1n) is 8.18. The zero-order valence-electron chi connectivity index (χ0n) is 14.2. The maximum atomic E-state index is 12.4. The molecule has 1 rings (SSSR count). The van der Waals surface area contributed by atoms with Gasteiger partial charge in [-0.15, -0.1) is 0 Å². The van der Waals surface area contributed by atoms with E-state index in [1.54, 1.807) is 18.9 Å². The third-order valence-electron chi connectivity index (χ3n) is 4.43. The lowest BCUT2D eigenvalue weighted by Crippen LogP contribution is -2.53. The predicted octanol–water partition coefficient (Wildman–Crippen LogP) is 2.46. The highest BCUT2D eigenvalue weighted by Crippen LogP contribution is 2.17. The molecule has 1 aliphatic rings. The molecule has 5 nitrogen and oxygen atoms in total. The maximum absolute atomic E-state index is 12.4. The maximum Gasteiger partial charge on any atom is 0.317 e. The molecule has 0 aliphatic carbocycles. The number of amides is 3. The van der Waals surface area contributed by atoms with Crippen LogP contribution >= 0.6 is 0 Å². The number of carbonyl (C=O) groups excluding carboxylic acids is 2. The van der Waals surface area contributed by atoms with Gasteiger partial charge in [0.05, 0.1) is 0 Å². The Balaban J connectivity index is 2.49. The van der Waals surface area contributed by atoms with Gasteiger partial charge in [0.1, 0.15) is 6.04 Å². The molecule has 5 heteroatoms. The van der Waals surface area contributed by atoms with Crippen LogP contribution in [0.1, 0.15) is 53.4 Å². The average molecular weight is 297 g/mol. The molecule has 21 heavy (non-hydrogen) atoms. The molecule has 0 spiro atoms. The fourth-order valence-electron chi connectivity index (χ4n) is 2.71. The zero-order chi connectivity index (χ0) is 16.0. The van der Waals surface area contributed by atoms with Gasteiger partial charge >= 0.3 is 6.03 Å². The van der Waals surface area contributed by atoms with E-state index in [4.69, 9.17) is 0 Å². The molecule has 3 atom stereocenters. The van der Waals surface area contributed by atoms with E-state index >= 15 is 0 Å². The van der Waals surface area contributed by atoms with Crippen molar-refractivity contribution in [3.05, 3.63) is 0 Å². The first-order valence-corrected chi connectivity index (χ1v) is 8.18. The van der Waals surface area contributed by atoms with E-state index in [1.165, 1.54) is 6.42 Å². The molecule has 1 saturated heterocycles. The summed E-state index contributed by atoms with van der Waals surface area (Å²) >= 11 is 0. The van der Waals surface area contributed by atoms with Crippen molar-refractivity contribution in [2.24, 2.45) is 5.92 Å². The minimum absolute atomic E-state index is 0.0347. The fraction of sp³-hybridized carbons (Fsp3) is 0.875. The molecular weight excluding hydrogens is 266 g/mol. The largest absolute Gasteiger partial charge is 0.338 e. The van der Waals surface area contributed by atoms with Gasteiger partial charge in [-0.3, -0.25) is 4.79 Å². The van der Waals surface area contributed by atoms with Gasteiger partial charge in [0.2, 0.25) is 5.91 Å². The molecule has 3 amide bonds. The molecule has 122 valence electrons. The molecule has 0 aromatic rings. The van der Waals surface area contributed by atoms with Crippen molar-refractivity contribution >= 4 is 11.9 Å². The van der Waals surface area contributed by atoms with Gasteiger partial charge in [-0.05, 0) is 39.0 Å². The van der Waals surface area contributed by atoms with Crippen LogP contribution in [0.2, 0.25) is 0 Å². The van der Waals surface area contributed by atoms with Crippen LogP contribution in [0.4, 0.5) is 4.79 Å². The molecule has 3 unspecified atom stereocenters. The van der Waals surface area contributed by atoms with Crippen LogP contribution in [0.3, 0.4) is 0 Å². The van der Waals surface area contributed by atoms with E-state index in [1.807, 2.05) is 4.90 Å². The molecule has 0 saturated carbocycles. The van der Waals surface area contributed by atoms with Gasteiger partial charge in [-0.25, -0.2) is 4.79 Å². The SMILES string of the molecule is CCC(C)CN(C)C(=O)NC(C)C(=O)N1CCCCC1C. The number of carbonyl (C=O) groups is 2. The summed E-state index contributed by atoms with van der Waals surface area (Å²) in [5.74, 6) is 0.501. The highest BCUT2D eigenvalue weighted by atomic mass is 16.2. The molecule has 0 radical (unpaired) electrons. The summed E-state index contributed by atoms with van der Waals surface area (Å²) in [5.41, 5.74) is 0. The number of nitrogens with one attached hydrogen (secondary N) is 1. The second kappa shape index (κ2) is 8.25. The summed E-state index contributed by atoms with van der Waals surface area (Å²) in [6.45, 7) is 9.61. The lowest BCUT2D eigenvalue weighted by atomic mass is 10.0. The summed E-state index contributed by atoms with van der Waals surface area (Å²) in [5, 5.41) is 2.82. The van der Waals surface area contributed by atoms with E-state index in [0.29, 0.717) is 12.5 Å². The second-order valence-corrected chi connectivity index (χ2v) is 6.44. The van der Waals surface area contributed by atoms with Gasteiger partial charge in [-0.2, -0.15) is 0 Å². The van der Waals surface area contributed by atoms with Crippen LogP contribution in [0, 0.1) is 5.92 Å². The zero-order valence-corrected chi connectivity index (χ0v) is 14.2. The molecule has 0 aromatic heterocycles. The summed E-state index contributed by atoms with van der Waals surface area (Å²) in [7, 11) is 1.78. The number of likely N-dealkylation sites (tertiary alicyclic amines) is 1. The van der Waals surface area contributed by atoms with Gasteiger partial charge in [-0.1, -0.05) is 20.3 Å². The Morgan fingerprint density at radius 2 is 2.00 bits per heavy atom. The highest BCUT2D eigenvalue weighted by molar-refractivity contribution is 5.86.